The molecule has 0 aliphatic carbocycles. The lowest BCUT2D eigenvalue weighted by molar-refractivity contribution is -0.149. The second-order valence-electron chi connectivity index (χ2n) is 7.15. The van der Waals surface area contributed by atoms with E-state index in [2.05, 4.69) is 10.6 Å². The van der Waals surface area contributed by atoms with Gasteiger partial charge in [-0.05, 0) is 31.5 Å². The molecule has 1 aromatic carbocycles. The van der Waals surface area contributed by atoms with Gasteiger partial charge in [-0.25, -0.2) is 0 Å². The highest BCUT2D eigenvalue weighted by molar-refractivity contribution is 6.20. The average molecular weight is 430 g/mol. The summed E-state index contributed by atoms with van der Waals surface area (Å²) in [6, 6.07) is 6.00. The van der Waals surface area contributed by atoms with Crippen molar-refractivity contribution in [3.63, 3.8) is 0 Å². The van der Waals surface area contributed by atoms with Crippen LogP contribution in [0.15, 0.2) is 36.0 Å². The number of nitrogens with zero attached hydrogens (tertiary/aromatic N) is 1. The Morgan fingerprint density at radius 2 is 1.94 bits per heavy atom. The molecule has 3 rings (SSSR count). The monoisotopic (exact) mass is 430 g/mol. The zero-order valence-electron chi connectivity index (χ0n) is 17.1. The Balaban J connectivity index is 1.53. The molecule has 0 radical (unpaired) electrons. The highest BCUT2D eigenvalue weighted by Gasteiger charge is 2.42. The van der Waals surface area contributed by atoms with E-state index < -0.39 is 29.7 Å². The van der Waals surface area contributed by atoms with E-state index in [0.717, 1.165) is 23.8 Å². The lowest BCUT2D eigenvalue weighted by Gasteiger charge is -2.28. The fraction of sp³-hybridized carbons (Fsp3) is 0.429. The number of rotatable bonds is 11. The van der Waals surface area contributed by atoms with Crippen LogP contribution < -0.4 is 21.1 Å². The number of imide groups is 2. The molecule has 0 saturated carbocycles. The van der Waals surface area contributed by atoms with E-state index in [-0.39, 0.29) is 18.5 Å². The lowest BCUT2D eigenvalue weighted by atomic mass is 10.0. The first kappa shape index (κ1) is 22.4. The number of carbonyl (C=O) groups is 4. The molecule has 2 aliphatic rings. The molecular weight excluding hydrogens is 404 g/mol. The van der Waals surface area contributed by atoms with Crippen molar-refractivity contribution in [1.29, 1.82) is 0 Å². The summed E-state index contributed by atoms with van der Waals surface area (Å²) in [4.78, 5) is 49.3. The van der Waals surface area contributed by atoms with Gasteiger partial charge in [-0.15, -0.1) is 0 Å². The van der Waals surface area contributed by atoms with Crippen molar-refractivity contribution in [2.24, 2.45) is 5.73 Å². The number of piperidine rings is 1. The number of hydrogen-bond donors (Lipinski definition) is 3. The highest BCUT2D eigenvalue weighted by atomic mass is 16.5. The number of hydrogen-bond acceptors (Lipinski definition) is 8. The van der Waals surface area contributed by atoms with Crippen molar-refractivity contribution in [3.05, 3.63) is 36.0 Å². The van der Waals surface area contributed by atoms with E-state index in [9.17, 15) is 19.2 Å². The molecule has 4 N–H and O–H groups in total. The third-order valence-corrected chi connectivity index (χ3v) is 4.78. The molecule has 1 saturated heterocycles. The Kier molecular flexibility index (Phi) is 7.74. The minimum absolute atomic E-state index is 0.0557. The van der Waals surface area contributed by atoms with E-state index in [1.807, 2.05) is 0 Å². The van der Waals surface area contributed by atoms with Crippen LogP contribution in [0.1, 0.15) is 25.7 Å². The van der Waals surface area contributed by atoms with Crippen molar-refractivity contribution in [2.45, 2.75) is 31.7 Å². The second-order valence-corrected chi connectivity index (χ2v) is 7.15. The van der Waals surface area contributed by atoms with Gasteiger partial charge in [-0.1, -0.05) is 6.07 Å². The molecule has 4 amide bonds. The topological polar surface area (TPSA) is 140 Å². The van der Waals surface area contributed by atoms with Gasteiger partial charge in [0, 0.05) is 43.9 Å². The first-order chi connectivity index (χ1) is 15.0. The van der Waals surface area contributed by atoms with Crippen LogP contribution in [0.25, 0.3) is 0 Å². The first-order valence-corrected chi connectivity index (χ1v) is 10.2. The Morgan fingerprint density at radius 1 is 1.13 bits per heavy atom. The van der Waals surface area contributed by atoms with Crippen LogP contribution in [-0.4, -0.2) is 60.9 Å². The zero-order valence-corrected chi connectivity index (χ0v) is 17.1. The summed E-state index contributed by atoms with van der Waals surface area (Å²) in [7, 11) is 0. The molecule has 0 spiro atoms. The molecule has 10 heteroatoms. The van der Waals surface area contributed by atoms with Gasteiger partial charge in [0.25, 0.3) is 11.8 Å². The lowest BCUT2D eigenvalue weighted by Crippen LogP contribution is -2.54. The molecule has 0 aromatic heterocycles. The van der Waals surface area contributed by atoms with E-state index >= 15 is 0 Å². The maximum atomic E-state index is 12.7. The Hall–Kier alpha value is -3.24. The van der Waals surface area contributed by atoms with Gasteiger partial charge in [0.15, 0.2) is 0 Å². The van der Waals surface area contributed by atoms with E-state index in [1.165, 1.54) is 0 Å². The second kappa shape index (κ2) is 10.7. The molecule has 1 atom stereocenters. The van der Waals surface area contributed by atoms with Gasteiger partial charge in [0.1, 0.15) is 17.5 Å². The SMILES string of the molecule is NCCCOCCCOc1cccc(NC2=CC(=O)N(C3CCC(=O)NC3=O)C2=O)c1. The van der Waals surface area contributed by atoms with Gasteiger partial charge >= 0.3 is 0 Å². The van der Waals surface area contributed by atoms with Crippen LogP contribution in [0.4, 0.5) is 5.69 Å². The number of nitrogens with one attached hydrogen (secondary N) is 2. The number of ether oxygens (including phenoxy) is 2. The summed E-state index contributed by atoms with van der Waals surface area (Å²) in [5.74, 6) is -1.66. The van der Waals surface area contributed by atoms with Crippen molar-refractivity contribution >= 4 is 29.3 Å². The van der Waals surface area contributed by atoms with Crippen molar-refractivity contribution in [3.8, 4) is 5.75 Å². The number of benzene rings is 1. The largest absolute Gasteiger partial charge is 0.493 e. The van der Waals surface area contributed by atoms with Crippen LogP contribution in [0, 0.1) is 0 Å². The molecule has 166 valence electrons. The molecule has 0 bridgehead atoms. The number of amides is 4. The van der Waals surface area contributed by atoms with E-state index in [4.69, 9.17) is 15.2 Å². The predicted octanol–water partition coefficient (Wildman–Crippen LogP) is 0.291. The molecule has 31 heavy (non-hydrogen) atoms. The Labute approximate surface area is 179 Å². The van der Waals surface area contributed by atoms with E-state index in [1.54, 1.807) is 24.3 Å². The summed E-state index contributed by atoms with van der Waals surface area (Å²) in [5, 5.41) is 5.07. The molecule has 1 fully saturated rings. The van der Waals surface area contributed by atoms with Crippen LogP contribution in [-0.2, 0) is 23.9 Å². The van der Waals surface area contributed by atoms with Crippen LogP contribution >= 0.6 is 0 Å². The van der Waals surface area contributed by atoms with Crippen molar-refractivity contribution in [2.75, 3.05) is 31.7 Å². The molecule has 2 heterocycles. The predicted molar refractivity (Wildman–Crippen MR) is 111 cm³/mol. The summed E-state index contributed by atoms with van der Waals surface area (Å²) in [6.45, 7) is 2.28. The van der Waals surface area contributed by atoms with Gasteiger partial charge in [0.05, 0.1) is 6.61 Å². The normalized spacial score (nSPS) is 18.8. The summed E-state index contributed by atoms with van der Waals surface area (Å²) in [5.41, 5.74) is 6.02. The van der Waals surface area contributed by atoms with Crippen molar-refractivity contribution in [1.82, 2.24) is 10.2 Å². The first-order valence-electron chi connectivity index (χ1n) is 10.2. The maximum absolute atomic E-state index is 12.7. The maximum Gasteiger partial charge on any atom is 0.278 e. The number of anilines is 1. The van der Waals surface area contributed by atoms with Crippen molar-refractivity contribution < 1.29 is 28.7 Å². The minimum atomic E-state index is -0.991. The van der Waals surface area contributed by atoms with Gasteiger partial charge < -0.3 is 20.5 Å². The Morgan fingerprint density at radius 3 is 2.71 bits per heavy atom. The number of nitrogens with two attached hydrogens (primary N) is 1. The zero-order chi connectivity index (χ0) is 22.2. The fourth-order valence-electron chi connectivity index (χ4n) is 3.26. The summed E-state index contributed by atoms with van der Waals surface area (Å²) in [6.07, 6.45) is 2.89. The standard InChI is InChI=1S/C21H26N4O6/c22-8-2-9-30-10-3-11-31-15-5-1-4-14(12-15)23-16-13-19(27)25(21(16)29)17-6-7-18(26)24-20(17)28/h1,4-5,12-13,17,23H,2-3,6-11,22H2,(H,24,26,28). The van der Waals surface area contributed by atoms with Gasteiger partial charge in [-0.3, -0.25) is 29.4 Å². The quantitative estimate of drug-likeness (QED) is 0.336. The minimum Gasteiger partial charge on any atom is -0.493 e. The summed E-state index contributed by atoms with van der Waals surface area (Å²) >= 11 is 0. The molecule has 2 aliphatic heterocycles. The van der Waals surface area contributed by atoms with E-state index in [0.29, 0.717) is 37.8 Å². The van der Waals surface area contributed by atoms with Gasteiger partial charge in [-0.2, -0.15) is 0 Å². The van der Waals surface area contributed by atoms with Crippen LogP contribution in [0.3, 0.4) is 0 Å². The molecule has 10 nitrogen and oxygen atoms in total. The molecular formula is C21H26N4O6. The van der Waals surface area contributed by atoms with Crippen LogP contribution in [0.5, 0.6) is 5.75 Å². The fourth-order valence-corrected chi connectivity index (χ4v) is 3.26. The average Bonchev–Trinajstić information content (AvgIpc) is 3.01. The smallest absolute Gasteiger partial charge is 0.278 e. The van der Waals surface area contributed by atoms with Crippen LogP contribution in [0.2, 0.25) is 0 Å². The summed E-state index contributed by atoms with van der Waals surface area (Å²) < 4.78 is 11.1. The third-order valence-electron chi connectivity index (χ3n) is 4.78. The molecule has 1 aromatic rings. The van der Waals surface area contributed by atoms with Gasteiger partial charge in [0.2, 0.25) is 11.8 Å². The molecule has 1 unspecified atom stereocenters. The highest BCUT2D eigenvalue weighted by Crippen LogP contribution is 2.24. The third kappa shape index (κ3) is 5.89. The number of carbonyl (C=O) groups excluding carboxylic acids is 4. The Bertz CT molecular complexity index is 884.